The smallest absolute Gasteiger partial charge is 0.444 e. The first-order chi connectivity index (χ1) is 14.2. The van der Waals surface area contributed by atoms with Crippen LogP contribution in [-0.4, -0.2) is 65.6 Å². The molecule has 0 unspecified atom stereocenters. The van der Waals surface area contributed by atoms with Gasteiger partial charge >= 0.3 is 13.2 Å². The number of pyridine rings is 1. The fourth-order valence-electron chi connectivity index (χ4n) is 3.61. The predicted molar refractivity (Wildman–Crippen MR) is 119 cm³/mol. The molecule has 9 heteroatoms. The van der Waals surface area contributed by atoms with Crippen molar-refractivity contribution in [1.29, 1.82) is 5.26 Å². The predicted octanol–water partition coefficient (Wildman–Crippen LogP) is 2.70. The van der Waals surface area contributed by atoms with Crippen molar-refractivity contribution in [2.45, 2.75) is 78.2 Å². The molecule has 0 N–H and O–H groups in total. The Morgan fingerprint density at radius 2 is 1.84 bits per heavy atom. The summed E-state index contributed by atoms with van der Waals surface area (Å²) in [5.41, 5.74) is -0.438. The number of carbonyl (C=O) groups is 1. The van der Waals surface area contributed by atoms with Gasteiger partial charge < -0.3 is 23.8 Å². The summed E-state index contributed by atoms with van der Waals surface area (Å²) < 4.78 is 17.8. The maximum absolute atomic E-state index is 12.5. The van der Waals surface area contributed by atoms with Crippen LogP contribution in [-0.2, 0) is 14.0 Å². The minimum Gasteiger partial charge on any atom is -0.444 e. The van der Waals surface area contributed by atoms with Crippen LogP contribution in [0.2, 0.25) is 0 Å². The molecule has 3 rings (SSSR count). The number of nitrogens with zero attached hydrogens (tertiary/aromatic N) is 4. The van der Waals surface area contributed by atoms with Crippen molar-refractivity contribution in [3.8, 4) is 6.07 Å². The van der Waals surface area contributed by atoms with E-state index >= 15 is 0 Å². The topological polar surface area (TPSA) is 87.9 Å². The summed E-state index contributed by atoms with van der Waals surface area (Å²) in [7, 11) is -0.641. The van der Waals surface area contributed by atoms with Gasteiger partial charge in [-0.05, 0) is 67.5 Å². The van der Waals surface area contributed by atoms with Gasteiger partial charge in [0, 0.05) is 25.7 Å². The van der Waals surface area contributed by atoms with Gasteiger partial charge in [0.05, 0.1) is 28.4 Å². The van der Waals surface area contributed by atoms with Crippen LogP contribution in [0.1, 0.15) is 61.0 Å². The van der Waals surface area contributed by atoms with Gasteiger partial charge in [-0.3, -0.25) is 0 Å². The van der Waals surface area contributed by atoms with Gasteiger partial charge in [0.1, 0.15) is 11.4 Å². The number of nitriles is 1. The highest BCUT2D eigenvalue weighted by molar-refractivity contribution is 6.61. The van der Waals surface area contributed by atoms with E-state index in [9.17, 15) is 10.1 Å². The second-order valence-electron chi connectivity index (χ2n) is 10.3. The van der Waals surface area contributed by atoms with Gasteiger partial charge in [-0.15, -0.1) is 0 Å². The number of ether oxygens (including phenoxy) is 1. The lowest BCUT2D eigenvalue weighted by Gasteiger charge is -2.40. The second kappa shape index (κ2) is 7.99. The minimum absolute atomic E-state index is 0.0589. The Hall–Kier alpha value is -2.31. The fraction of sp³-hybridized carbons (Fsp3) is 0.682. The van der Waals surface area contributed by atoms with Crippen molar-refractivity contribution in [2.24, 2.45) is 0 Å². The van der Waals surface area contributed by atoms with Gasteiger partial charge in [0.25, 0.3) is 0 Å². The van der Waals surface area contributed by atoms with Crippen molar-refractivity contribution in [1.82, 2.24) is 9.88 Å². The van der Waals surface area contributed by atoms with E-state index < -0.39 is 23.9 Å². The normalized spacial score (nSPS) is 22.9. The second-order valence-corrected chi connectivity index (χ2v) is 10.3. The van der Waals surface area contributed by atoms with Crippen LogP contribution >= 0.6 is 0 Å². The maximum atomic E-state index is 12.5. The molecule has 0 saturated carbocycles. The molecule has 2 aliphatic heterocycles. The van der Waals surface area contributed by atoms with Crippen molar-refractivity contribution in [3.63, 3.8) is 0 Å². The number of hydrogen-bond donors (Lipinski definition) is 0. The van der Waals surface area contributed by atoms with Crippen LogP contribution in [0.15, 0.2) is 12.1 Å². The van der Waals surface area contributed by atoms with E-state index in [0.717, 1.165) is 0 Å². The first kappa shape index (κ1) is 23.4. The summed E-state index contributed by atoms with van der Waals surface area (Å²) >= 11 is 0. The lowest BCUT2D eigenvalue weighted by atomic mass is 9.83. The molecule has 1 aromatic heterocycles. The van der Waals surface area contributed by atoms with Gasteiger partial charge in [0.2, 0.25) is 0 Å². The quantitative estimate of drug-likeness (QED) is 0.670. The zero-order valence-corrected chi connectivity index (χ0v) is 19.9. The molecule has 2 fully saturated rings. The number of piperazine rings is 1. The largest absolute Gasteiger partial charge is 0.514 e. The van der Waals surface area contributed by atoms with E-state index in [4.69, 9.17) is 19.0 Å². The zero-order valence-electron chi connectivity index (χ0n) is 19.9. The van der Waals surface area contributed by atoms with Crippen LogP contribution < -0.4 is 10.5 Å². The molecule has 0 radical (unpaired) electrons. The summed E-state index contributed by atoms with van der Waals surface area (Å²) in [6.45, 7) is 17.2. The molecular weight excluding hydrogens is 395 g/mol. The highest BCUT2D eigenvalue weighted by Crippen LogP contribution is 2.36. The molecule has 0 bridgehead atoms. The molecular formula is C22H33BN4O4. The minimum atomic E-state index is -0.641. The number of aromatic nitrogens is 1. The van der Waals surface area contributed by atoms with Crippen LogP contribution in [0.4, 0.5) is 10.6 Å². The fourth-order valence-corrected chi connectivity index (χ4v) is 3.61. The van der Waals surface area contributed by atoms with Crippen molar-refractivity contribution in [2.75, 3.05) is 24.5 Å². The summed E-state index contributed by atoms with van der Waals surface area (Å²) in [5, 5.41) is 9.56. The van der Waals surface area contributed by atoms with Gasteiger partial charge in [-0.1, -0.05) is 0 Å². The SMILES string of the molecule is C[C@H]1CN(c2cc(C#N)cc(B3OC(C)(C)C(C)(C)O3)n2)CCN1C(=O)OC(C)(C)C. The van der Waals surface area contributed by atoms with Crippen molar-refractivity contribution in [3.05, 3.63) is 17.7 Å². The number of anilines is 1. The molecule has 168 valence electrons. The molecule has 0 spiro atoms. The molecule has 1 amide bonds. The van der Waals surface area contributed by atoms with Crippen molar-refractivity contribution >= 4 is 24.6 Å². The van der Waals surface area contributed by atoms with Crippen molar-refractivity contribution < 1.29 is 18.8 Å². The van der Waals surface area contributed by atoms with Crippen LogP contribution in [0.25, 0.3) is 0 Å². The van der Waals surface area contributed by atoms with Gasteiger partial charge in [0.15, 0.2) is 0 Å². The Morgan fingerprint density at radius 3 is 2.35 bits per heavy atom. The molecule has 0 aliphatic carbocycles. The lowest BCUT2D eigenvalue weighted by Crippen LogP contribution is -2.55. The molecule has 8 nitrogen and oxygen atoms in total. The third-order valence-corrected chi connectivity index (χ3v) is 6.03. The Bertz CT molecular complexity index is 874. The standard InChI is InChI=1S/C22H33BN4O4/c1-15-14-26(9-10-27(15)19(28)29-20(2,3)4)18-12-16(13-24)11-17(25-18)23-30-21(5,6)22(7,8)31-23/h11-12,15H,9-10,14H2,1-8H3/t15-/m0/s1. The highest BCUT2D eigenvalue weighted by Gasteiger charge is 2.52. The van der Waals surface area contributed by atoms with E-state index in [1.807, 2.05) is 55.4 Å². The van der Waals surface area contributed by atoms with E-state index in [1.54, 1.807) is 17.0 Å². The number of carbonyl (C=O) groups excluding carboxylic acids is 1. The van der Waals surface area contributed by atoms with Crippen LogP contribution in [0.3, 0.4) is 0 Å². The Balaban J connectivity index is 1.79. The monoisotopic (exact) mass is 428 g/mol. The Kier molecular flexibility index (Phi) is 6.02. The summed E-state index contributed by atoms with van der Waals surface area (Å²) in [6, 6.07) is 5.64. The molecule has 2 saturated heterocycles. The number of hydrogen-bond acceptors (Lipinski definition) is 7. The van der Waals surface area contributed by atoms with E-state index in [2.05, 4.69) is 11.0 Å². The lowest BCUT2D eigenvalue weighted by molar-refractivity contribution is 0.00578. The number of amides is 1. The molecule has 0 aromatic carbocycles. The molecule has 1 atom stereocenters. The zero-order chi connectivity index (χ0) is 23.2. The average molecular weight is 428 g/mol. The average Bonchev–Trinajstić information content (AvgIpc) is 2.87. The molecule has 31 heavy (non-hydrogen) atoms. The molecule has 1 aromatic rings. The number of rotatable bonds is 2. The van der Waals surface area contributed by atoms with E-state index in [1.165, 1.54) is 0 Å². The first-order valence-corrected chi connectivity index (χ1v) is 10.7. The molecule has 2 aliphatic rings. The Labute approximate surface area is 185 Å². The van der Waals surface area contributed by atoms with Gasteiger partial charge in [-0.2, -0.15) is 5.26 Å². The first-order valence-electron chi connectivity index (χ1n) is 10.7. The van der Waals surface area contributed by atoms with E-state index in [-0.39, 0.29) is 12.1 Å². The Morgan fingerprint density at radius 1 is 1.23 bits per heavy atom. The summed E-state index contributed by atoms with van der Waals surface area (Å²) in [4.78, 5) is 21.1. The summed E-state index contributed by atoms with van der Waals surface area (Å²) in [5.74, 6) is 0.680. The third-order valence-electron chi connectivity index (χ3n) is 6.03. The third kappa shape index (κ3) is 4.96. The molecule has 3 heterocycles. The maximum Gasteiger partial charge on any atom is 0.514 e. The van der Waals surface area contributed by atoms with Gasteiger partial charge in [-0.25, -0.2) is 9.78 Å². The van der Waals surface area contributed by atoms with Crippen LogP contribution in [0.5, 0.6) is 0 Å². The van der Waals surface area contributed by atoms with Crippen LogP contribution in [0, 0.1) is 11.3 Å². The van der Waals surface area contributed by atoms with E-state index in [0.29, 0.717) is 36.6 Å². The highest BCUT2D eigenvalue weighted by atomic mass is 16.7. The summed E-state index contributed by atoms with van der Waals surface area (Å²) in [6.07, 6.45) is -0.309.